The molecule has 0 unspecified atom stereocenters. The van der Waals surface area contributed by atoms with Crippen molar-refractivity contribution in [1.82, 2.24) is 0 Å². The first kappa shape index (κ1) is 22.1. The van der Waals surface area contributed by atoms with Crippen LogP contribution in [0.1, 0.15) is 55.6 Å². The Morgan fingerprint density at radius 2 is 1.52 bits per heavy atom. The highest BCUT2D eigenvalue weighted by Gasteiger charge is 2.25. The third-order valence-corrected chi connectivity index (χ3v) is 3.94. The topological polar surface area (TPSA) is 89.9 Å². The molecule has 0 amide bonds. The first-order valence-corrected chi connectivity index (χ1v) is 9.50. The number of carboxylic acid groups (broad SMARTS) is 1. The molecule has 0 saturated heterocycles. The Hall–Kier alpha value is -3.15. The van der Waals surface area contributed by atoms with Crippen LogP contribution in [0.4, 0.5) is 0 Å². The minimum absolute atomic E-state index is 0.150. The second kappa shape index (κ2) is 9.87. The number of carbonyl (C=O) groups excluding carboxylic acids is 2. The molecule has 29 heavy (non-hydrogen) atoms. The zero-order chi connectivity index (χ0) is 21.6. The molecule has 0 aliphatic carbocycles. The van der Waals surface area contributed by atoms with Gasteiger partial charge in [0.1, 0.15) is 0 Å². The van der Waals surface area contributed by atoms with E-state index in [9.17, 15) is 14.4 Å². The Morgan fingerprint density at radius 3 is 2.07 bits per heavy atom. The lowest BCUT2D eigenvalue weighted by Crippen LogP contribution is -2.19. The molecule has 0 heterocycles. The third kappa shape index (κ3) is 6.45. The summed E-state index contributed by atoms with van der Waals surface area (Å²) in [6, 6.07) is 13.2. The van der Waals surface area contributed by atoms with E-state index in [0.717, 1.165) is 11.1 Å². The number of benzene rings is 2. The largest absolute Gasteiger partial charge is 0.487 e. The maximum Gasteiger partial charge on any atom is 0.372 e. The Kier molecular flexibility index (Phi) is 7.53. The zero-order valence-corrected chi connectivity index (χ0v) is 17.1. The number of carbonyl (C=O) groups is 3. The first-order valence-electron chi connectivity index (χ1n) is 9.50. The van der Waals surface area contributed by atoms with Crippen LogP contribution >= 0.6 is 0 Å². The molecule has 0 fully saturated rings. The quantitative estimate of drug-likeness (QED) is 0.368. The molecule has 0 spiro atoms. The molecule has 6 heteroatoms. The van der Waals surface area contributed by atoms with Gasteiger partial charge in [-0.3, -0.25) is 9.59 Å². The molecule has 0 atom stereocenters. The van der Waals surface area contributed by atoms with Gasteiger partial charge in [0.15, 0.2) is 17.3 Å². The van der Waals surface area contributed by atoms with E-state index in [2.05, 4.69) is 0 Å². The standard InChI is InChI=1S/C23H26O6/c1-14(2)28-21-12-17(10-16-8-6-5-7-9-16)11-18(22(21)29-15(3)4)19(24)13-20(25)23(26)27/h5-9,11-12,14-15H,10,13H2,1-4H3,(H,26,27). The summed E-state index contributed by atoms with van der Waals surface area (Å²) in [4.78, 5) is 35.3. The smallest absolute Gasteiger partial charge is 0.372 e. The van der Waals surface area contributed by atoms with Crippen LogP contribution in [-0.2, 0) is 16.0 Å². The van der Waals surface area contributed by atoms with E-state index in [1.807, 2.05) is 64.1 Å². The number of aliphatic carboxylic acids is 1. The molecule has 6 nitrogen and oxygen atoms in total. The van der Waals surface area contributed by atoms with Crippen LogP contribution in [0.25, 0.3) is 0 Å². The molecule has 0 aromatic heterocycles. The van der Waals surface area contributed by atoms with E-state index < -0.39 is 24.0 Å². The average molecular weight is 398 g/mol. The molecular weight excluding hydrogens is 372 g/mol. The van der Waals surface area contributed by atoms with Crippen LogP contribution in [0.15, 0.2) is 42.5 Å². The number of ketones is 2. The SMILES string of the molecule is CC(C)Oc1cc(Cc2ccccc2)cc(C(=O)CC(=O)C(=O)O)c1OC(C)C. The molecule has 0 radical (unpaired) electrons. The van der Waals surface area contributed by atoms with E-state index in [-0.39, 0.29) is 23.5 Å². The van der Waals surface area contributed by atoms with Crippen molar-refractivity contribution >= 4 is 17.5 Å². The fourth-order valence-corrected chi connectivity index (χ4v) is 2.82. The summed E-state index contributed by atoms with van der Waals surface area (Å²) in [6.07, 6.45) is -0.601. The normalized spacial score (nSPS) is 10.8. The van der Waals surface area contributed by atoms with E-state index in [0.29, 0.717) is 12.2 Å². The summed E-state index contributed by atoms with van der Waals surface area (Å²) in [5.74, 6) is -2.78. The molecule has 1 N–H and O–H groups in total. The maximum absolute atomic E-state index is 12.8. The Bertz CT molecular complexity index is 884. The lowest BCUT2D eigenvalue weighted by molar-refractivity contribution is -0.148. The highest BCUT2D eigenvalue weighted by Crippen LogP contribution is 2.36. The lowest BCUT2D eigenvalue weighted by atomic mass is 9.97. The van der Waals surface area contributed by atoms with E-state index in [4.69, 9.17) is 14.6 Å². The number of rotatable bonds is 10. The maximum atomic E-state index is 12.8. The van der Waals surface area contributed by atoms with Crippen LogP contribution in [-0.4, -0.2) is 34.9 Å². The number of ether oxygens (including phenoxy) is 2. The van der Waals surface area contributed by atoms with Gasteiger partial charge < -0.3 is 14.6 Å². The summed E-state index contributed by atoms with van der Waals surface area (Å²) in [5.41, 5.74) is 1.99. The van der Waals surface area contributed by atoms with E-state index >= 15 is 0 Å². The Labute approximate surface area is 170 Å². The van der Waals surface area contributed by atoms with Gasteiger partial charge >= 0.3 is 5.97 Å². The van der Waals surface area contributed by atoms with Gasteiger partial charge in [0.25, 0.3) is 0 Å². The molecule has 0 aliphatic rings. The number of hydrogen-bond acceptors (Lipinski definition) is 5. The highest BCUT2D eigenvalue weighted by molar-refractivity contribution is 6.37. The van der Waals surface area contributed by atoms with Crippen molar-refractivity contribution < 1.29 is 29.0 Å². The lowest BCUT2D eigenvalue weighted by Gasteiger charge is -2.21. The van der Waals surface area contributed by atoms with Crippen molar-refractivity contribution in [2.45, 2.75) is 52.7 Å². The molecule has 0 bridgehead atoms. The van der Waals surface area contributed by atoms with Crippen LogP contribution in [0, 0.1) is 0 Å². The monoisotopic (exact) mass is 398 g/mol. The zero-order valence-electron chi connectivity index (χ0n) is 17.1. The van der Waals surface area contributed by atoms with Gasteiger partial charge in [-0.05, 0) is 57.4 Å². The predicted molar refractivity (Wildman–Crippen MR) is 109 cm³/mol. The number of Topliss-reactive ketones (excluding diaryl/α,β-unsaturated/α-hetero) is 2. The van der Waals surface area contributed by atoms with Crippen molar-refractivity contribution in [3.63, 3.8) is 0 Å². The molecule has 2 aromatic carbocycles. The Morgan fingerprint density at radius 1 is 0.897 bits per heavy atom. The van der Waals surface area contributed by atoms with Crippen molar-refractivity contribution in [3.05, 3.63) is 59.2 Å². The summed E-state index contributed by atoms with van der Waals surface area (Å²) in [5, 5.41) is 8.86. The molecule has 0 aliphatic heterocycles. The third-order valence-electron chi connectivity index (χ3n) is 3.94. The van der Waals surface area contributed by atoms with Crippen molar-refractivity contribution in [2.24, 2.45) is 0 Å². The molecule has 2 rings (SSSR count). The molecule has 154 valence electrons. The fraction of sp³-hybridized carbons (Fsp3) is 0.348. The summed E-state index contributed by atoms with van der Waals surface area (Å²) >= 11 is 0. The van der Waals surface area contributed by atoms with Gasteiger partial charge in [0, 0.05) is 0 Å². The van der Waals surface area contributed by atoms with Crippen LogP contribution in [0.5, 0.6) is 11.5 Å². The Balaban J connectivity index is 2.54. The van der Waals surface area contributed by atoms with Gasteiger partial charge in [0.05, 0.1) is 24.2 Å². The van der Waals surface area contributed by atoms with E-state index in [1.54, 1.807) is 6.07 Å². The van der Waals surface area contributed by atoms with Crippen molar-refractivity contribution in [2.75, 3.05) is 0 Å². The minimum atomic E-state index is -1.64. The molecule has 2 aromatic rings. The second-order valence-corrected chi connectivity index (χ2v) is 7.29. The van der Waals surface area contributed by atoms with Gasteiger partial charge in [-0.25, -0.2) is 4.79 Å². The van der Waals surface area contributed by atoms with Gasteiger partial charge in [-0.15, -0.1) is 0 Å². The fourth-order valence-electron chi connectivity index (χ4n) is 2.82. The second-order valence-electron chi connectivity index (χ2n) is 7.29. The predicted octanol–water partition coefficient (Wildman–Crippen LogP) is 4.08. The van der Waals surface area contributed by atoms with Crippen molar-refractivity contribution in [3.8, 4) is 11.5 Å². The van der Waals surface area contributed by atoms with Crippen LogP contribution in [0.2, 0.25) is 0 Å². The van der Waals surface area contributed by atoms with E-state index in [1.165, 1.54) is 0 Å². The number of hydrogen-bond donors (Lipinski definition) is 1. The highest BCUT2D eigenvalue weighted by atomic mass is 16.5. The first-order chi connectivity index (χ1) is 13.7. The summed E-state index contributed by atoms with van der Waals surface area (Å²) < 4.78 is 11.7. The number of carboxylic acids is 1. The van der Waals surface area contributed by atoms with Crippen LogP contribution in [0.3, 0.4) is 0 Å². The van der Waals surface area contributed by atoms with Gasteiger partial charge in [0.2, 0.25) is 5.78 Å². The molecule has 0 saturated carbocycles. The average Bonchev–Trinajstić information content (AvgIpc) is 2.63. The summed E-state index contributed by atoms with van der Waals surface area (Å²) in [6.45, 7) is 7.35. The molecular formula is C23H26O6. The summed E-state index contributed by atoms with van der Waals surface area (Å²) in [7, 11) is 0. The van der Waals surface area contributed by atoms with Gasteiger partial charge in [-0.2, -0.15) is 0 Å². The van der Waals surface area contributed by atoms with Crippen molar-refractivity contribution in [1.29, 1.82) is 0 Å². The van der Waals surface area contributed by atoms with Gasteiger partial charge in [-0.1, -0.05) is 30.3 Å². The minimum Gasteiger partial charge on any atom is -0.487 e. The van der Waals surface area contributed by atoms with Crippen LogP contribution < -0.4 is 9.47 Å².